The van der Waals surface area contributed by atoms with Crippen molar-refractivity contribution in [3.63, 3.8) is 0 Å². The molecule has 2 fully saturated rings. The Morgan fingerprint density at radius 1 is 1.24 bits per heavy atom. The summed E-state index contributed by atoms with van der Waals surface area (Å²) in [6.45, 7) is 2.75. The van der Waals surface area contributed by atoms with Crippen LogP contribution in [0, 0.1) is 0 Å². The van der Waals surface area contributed by atoms with Crippen molar-refractivity contribution in [1.82, 2.24) is 9.97 Å². The van der Waals surface area contributed by atoms with E-state index in [4.69, 9.17) is 15.6 Å². The van der Waals surface area contributed by atoms with Crippen molar-refractivity contribution in [2.45, 2.75) is 69.8 Å². The quantitative estimate of drug-likeness (QED) is 0.495. The van der Waals surface area contributed by atoms with Crippen LogP contribution in [0.1, 0.15) is 75.7 Å². The third-order valence-electron chi connectivity index (χ3n) is 4.63. The zero-order valence-corrected chi connectivity index (χ0v) is 12.9. The largest absolute Gasteiger partial charge is 0.367 e. The van der Waals surface area contributed by atoms with Crippen molar-refractivity contribution < 1.29 is 4.74 Å². The molecule has 0 unspecified atom stereocenters. The molecule has 5 nitrogen and oxygen atoms in total. The number of nitrogens with zero attached hydrogens (tertiary/aromatic N) is 2. The van der Waals surface area contributed by atoms with Gasteiger partial charge in [0.1, 0.15) is 11.4 Å². The van der Waals surface area contributed by atoms with Gasteiger partial charge in [0.15, 0.2) is 5.82 Å². The number of ether oxygens (including phenoxy) is 1. The number of hydrazine groups is 1. The van der Waals surface area contributed by atoms with Crippen molar-refractivity contribution in [3.8, 4) is 0 Å². The molecule has 3 N–H and O–H groups in total. The third-order valence-corrected chi connectivity index (χ3v) is 4.63. The van der Waals surface area contributed by atoms with E-state index in [1.54, 1.807) is 0 Å². The molecule has 0 aromatic carbocycles. The Kier molecular flexibility index (Phi) is 4.40. The summed E-state index contributed by atoms with van der Waals surface area (Å²) in [6.07, 6.45) is 9.39. The maximum absolute atomic E-state index is 6.20. The number of anilines is 1. The fourth-order valence-electron chi connectivity index (χ4n) is 3.34. The van der Waals surface area contributed by atoms with Crippen LogP contribution in [0.15, 0.2) is 6.07 Å². The molecular weight excluding hydrogens is 264 g/mol. The average molecular weight is 290 g/mol. The minimum Gasteiger partial charge on any atom is -0.367 e. The second-order valence-electron chi connectivity index (χ2n) is 6.26. The molecule has 2 aliphatic rings. The van der Waals surface area contributed by atoms with Gasteiger partial charge in [0.25, 0.3) is 0 Å². The fraction of sp³-hybridized carbons (Fsp3) is 0.750. The molecule has 0 radical (unpaired) electrons. The first-order chi connectivity index (χ1) is 10.3. The Balaban J connectivity index is 1.98. The van der Waals surface area contributed by atoms with Gasteiger partial charge < -0.3 is 10.2 Å². The highest BCUT2D eigenvalue weighted by Gasteiger charge is 2.38. The Hall–Kier alpha value is -1.20. The first kappa shape index (κ1) is 14.7. The molecule has 0 spiro atoms. The summed E-state index contributed by atoms with van der Waals surface area (Å²) in [4.78, 5) is 9.51. The highest BCUT2D eigenvalue weighted by Crippen LogP contribution is 2.42. The number of rotatable bonds is 5. The van der Waals surface area contributed by atoms with E-state index in [0.717, 1.165) is 24.4 Å². The number of hydrogen-bond acceptors (Lipinski definition) is 5. The molecule has 0 aliphatic heterocycles. The number of nitrogen functional groups attached to an aromatic ring is 1. The van der Waals surface area contributed by atoms with Crippen LogP contribution in [0.25, 0.3) is 0 Å². The van der Waals surface area contributed by atoms with Gasteiger partial charge in [-0.1, -0.05) is 25.7 Å². The van der Waals surface area contributed by atoms with Crippen LogP contribution < -0.4 is 11.3 Å². The van der Waals surface area contributed by atoms with Crippen LogP contribution in [0.2, 0.25) is 0 Å². The molecule has 2 saturated carbocycles. The molecule has 3 rings (SSSR count). The Morgan fingerprint density at radius 3 is 2.52 bits per heavy atom. The van der Waals surface area contributed by atoms with Crippen LogP contribution in [-0.4, -0.2) is 16.6 Å². The highest BCUT2D eigenvalue weighted by atomic mass is 16.5. The maximum atomic E-state index is 6.20. The van der Waals surface area contributed by atoms with E-state index in [0.29, 0.717) is 18.3 Å². The molecule has 1 aromatic heterocycles. The number of hydrogen-bond donors (Lipinski definition) is 2. The summed E-state index contributed by atoms with van der Waals surface area (Å²) in [5.74, 6) is 7.74. The van der Waals surface area contributed by atoms with Crippen LogP contribution in [0.4, 0.5) is 5.82 Å². The van der Waals surface area contributed by atoms with Gasteiger partial charge in [0.2, 0.25) is 0 Å². The van der Waals surface area contributed by atoms with E-state index in [1.165, 1.54) is 38.5 Å². The first-order valence-electron chi connectivity index (χ1n) is 8.27. The van der Waals surface area contributed by atoms with Gasteiger partial charge in [-0.3, -0.25) is 0 Å². The lowest BCUT2D eigenvalue weighted by atomic mass is 9.92. The van der Waals surface area contributed by atoms with E-state index < -0.39 is 0 Å². The summed E-state index contributed by atoms with van der Waals surface area (Å²) in [5.41, 5.74) is 3.50. The predicted molar refractivity (Wildman–Crippen MR) is 82.8 cm³/mol. The molecule has 116 valence electrons. The fourth-order valence-corrected chi connectivity index (χ4v) is 3.34. The van der Waals surface area contributed by atoms with Crippen molar-refractivity contribution in [3.05, 3.63) is 17.6 Å². The van der Waals surface area contributed by atoms with Crippen molar-refractivity contribution in [2.75, 3.05) is 12.0 Å². The monoisotopic (exact) mass is 290 g/mol. The Labute approximate surface area is 126 Å². The minimum absolute atomic E-state index is 0.318. The van der Waals surface area contributed by atoms with Gasteiger partial charge in [-0.05, 0) is 32.6 Å². The average Bonchev–Trinajstić information content (AvgIpc) is 3.35. The van der Waals surface area contributed by atoms with Crippen LogP contribution in [-0.2, 0) is 10.3 Å². The lowest BCUT2D eigenvalue weighted by Crippen LogP contribution is -2.32. The van der Waals surface area contributed by atoms with Crippen molar-refractivity contribution >= 4 is 5.82 Å². The predicted octanol–water partition coefficient (Wildman–Crippen LogP) is 3.23. The molecule has 5 heteroatoms. The molecule has 0 amide bonds. The van der Waals surface area contributed by atoms with E-state index in [2.05, 4.69) is 17.3 Å². The number of nitrogens with two attached hydrogens (primary N) is 1. The van der Waals surface area contributed by atoms with Crippen LogP contribution in [0.3, 0.4) is 0 Å². The lowest BCUT2D eigenvalue weighted by molar-refractivity contribution is -0.0624. The Bertz CT molecular complexity index is 479. The zero-order chi connectivity index (χ0) is 14.7. The summed E-state index contributed by atoms with van der Waals surface area (Å²) < 4.78 is 6.20. The molecule has 0 saturated heterocycles. The van der Waals surface area contributed by atoms with Gasteiger partial charge in [0, 0.05) is 24.3 Å². The van der Waals surface area contributed by atoms with E-state index in [1.807, 2.05) is 6.07 Å². The summed E-state index contributed by atoms with van der Waals surface area (Å²) >= 11 is 0. The highest BCUT2D eigenvalue weighted by molar-refractivity contribution is 5.37. The molecular formula is C16H26N4O. The van der Waals surface area contributed by atoms with Crippen molar-refractivity contribution in [2.24, 2.45) is 5.84 Å². The lowest BCUT2D eigenvalue weighted by Gasteiger charge is -2.31. The summed E-state index contributed by atoms with van der Waals surface area (Å²) in [6, 6.07) is 1.98. The smallest absolute Gasteiger partial charge is 0.162 e. The molecule has 2 aliphatic carbocycles. The topological polar surface area (TPSA) is 73.1 Å². The van der Waals surface area contributed by atoms with Gasteiger partial charge in [0.05, 0.1) is 0 Å². The molecule has 0 atom stereocenters. The van der Waals surface area contributed by atoms with Gasteiger partial charge in [-0.15, -0.1) is 0 Å². The van der Waals surface area contributed by atoms with Crippen LogP contribution in [0.5, 0.6) is 0 Å². The zero-order valence-electron chi connectivity index (χ0n) is 12.9. The minimum atomic E-state index is -0.318. The third kappa shape index (κ3) is 3.19. The number of aromatic nitrogens is 2. The standard InChI is InChI=1S/C16H26N4O/c1-2-21-16(9-5-3-4-6-10-16)15-18-13(12-7-8-12)11-14(19-15)20-17/h11-12H,2-10,17H2,1H3,(H,18,19,20). The summed E-state index contributed by atoms with van der Waals surface area (Å²) in [5, 5.41) is 0. The molecule has 0 bridgehead atoms. The van der Waals surface area contributed by atoms with Crippen LogP contribution >= 0.6 is 0 Å². The van der Waals surface area contributed by atoms with Crippen molar-refractivity contribution in [1.29, 1.82) is 0 Å². The van der Waals surface area contributed by atoms with Gasteiger partial charge >= 0.3 is 0 Å². The normalized spacial score (nSPS) is 21.8. The molecule has 21 heavy (non-hydrogen) atoms. The SMILES string of the molecule is CCOC1(c2nc(NN)cc(C3CC3)n2)CCCCCC1. The second-order valence-corrected chi connectivity index (χ2v) is 6.26. The van der Waals surface area contributed by atoms with Gasteiger partial charge in [-0.25, -0.2) is 15.8 Å². The number of nitrogens with one attached hydrogen (secondary N) is 1. The van der Waals surface area contributed by atoms with E-state index in [-0.39, 0.29) is 5.60 Å². The Morgan fingerprint density at radius 2 is 1.95 bits per heavy atom. The first-order valence-corrected chi connectivity index (χ1v) is 8.27. The molecule has 1 aromatic rings. The van der Waals surface area contributed by atoms with E-state index >= 15 is 0 Å². The second kappa shape index (κ2) is 6.28. The summed E-state index contributed by atoms with van der Waals surface area (Å²) in [7, 11) is 0. The van der Waals surface area contributed by atoms with Gasteiger partial charge in [-0.2, -0.15) is 0 Å². The van der Waals surface area contributed by atoms with E-state index in [9.17, 15) is 0 Å². The maximum Gasteiger partial charge on any atom is 0.162 e. The molecule has 1 heterocycles.